The summed E-state index contributed by atoms with van der Waals surface area (Å²) in [7, 11) is -4.05. The minimum absolute atomic E-state index is 0.0873. The predicted octanol–water partition coefficient (Wildman–Crippen LogP) is 4.05. The zero-order chi connectivity index (χ0) is 21.2. The molecule has 3 rings (SSSR count). The molecule has 10 heteroatoms. The van der Waals surface area contributed by atoms with Gasteiger partial charge in [0.2, 0.25) is 15.9 Å². The average molecular weight is 447 g/mol. The third kappa shape index (κ3) is 4.99. The van der Waals surface area contributed by atoms with Crippen molar-refractivity contribution < 1.29 is 26.4 Å². The molecule has 1 amide bonds. The Balaban J connectivity index is 1.63. The fourth-order valence-corrected chi connectivity index (χ4v) is 5.53. The normalized spacial score (nSPS) is 17.8. The van der Waals surface area contributed by atoms with Gasteiger partial charge in [-0.15, -0.1) is 11.3 Å². The fraction of sp³-hybridized carbons (Fsp3) is 0.421. The van der Waals surface area contributed by atoms with E-state index in [4.69, 9.17) is 0 Å². The molecule has 1 atom stereocenters. The number of nitrogens with one attached hydrogen (secondary N) is 1. The molecule has 1 saturated heterocycles. The van der Waals surface area contributed by atoms with Gasteiger partial charge in [0.25, 0.3) is 0 Å². The highest BCUT2D eigenvalue weighted by atomic mass is 32.2. The summed E-state index contributed by atoms with van der Waals surface area (Å²) in [5, 5.41) is 4.87. The van der Waals surface area contributed by atoms with Crippen molar-refractivity contribution in [1.29, 1.82) is 0 Å². The molecule has 0 saturated carbocycles. The molecule has 29 heavy (non-hydrogen) atoms. The molecule has 158 valence electrons. The van der Waals surface area contributed by atoms with Crippen LogP contribution in [0.25, 0.3) is 0 Å². The highest BCUT2D eigenvalue weighted by Crippen LogP contribution is 2.32. The third-order valence-electron chi connectivity index (χ3n) is 4.95. The van der Waals surface area contributed by atoms with Crippen LogP contribution in [0.1, 0.15) is 36.2 Å². The van der Waals surface area contributed by atoms with Gasteiger partial charge in [0.05, 0.1) is 16.5 Å². The standard InChI is InChI=1S/C19H21F3N2O3S2/c1-13(17-6-3-11-28-17)23-18(25)14-7-9-24(10-8-14)29(26,27)16-5-2-4-15(12-16)19(20,21)22/h2-6,11-14H,7-10H2,1H3,(H,23,25). The summed E-state index contributed by atoms with van der Waals surface area (Å²) in [5.41, 5.74) is -1.00. The molecular weight excluding hydrogens is 425 g/mol. The van der Waals surface area contributed by atoms with Gasteiger partial charge in [0.1, 0.15) is 0 Å². The van der Waals surface area contributed by atoms with Gasteiger partial charge in [-0.3, -0.25) is 4.79 Å². The molecule has 1 fully saturated rings. The largest absolute Gasteiger partial charge is 0.416 e. The lowest BCUT2D eigenvalue weighted by Crippen LogP contribution is -2.43. The molecule has 1 aromatic heterocycles. The Morgan fingerprint density at radius 1 is 1.21 bits per heavy atom. The van der Waals surface area contributed by atoms with Crippen molar-refractivity contribution in [2.75, 3.05) is 13.1 Å². The lowest BCUT2D eigenvalue weighted by atomic mass is 9.97. The minimum atomic E-state index is -4.62. The van der Waals surface area contributed by atoms with Gasteiger partial charge in [-0.1, -0.05) is 12.1 Å². The van der Waals surface area contributed by atoms with Crippen LogP contribution in [-0.4, -0.2) is 31.7 Å². The molecule has 1 aliphatic rings. The van der Waals surface area contributed by atoms with Crippen LogP contribution in [0.3, 0.4) is 0 Å². The first-order chi connectivity index (χ1) is 13.6. The Kier molecular flexibility index (Phi) is 6.35. The third-order valence-corrected chi connectivity index (χ3v) is 7.90. The number of amides is 1. The van der Waals surface area contributed by atoms with Gasteiger partial charge < -0.3 is 5.32 Å². The molecule has 5 nitrogen and oxygen atoms in total. The number of benzene rings is 1. The van der Waals surface area contributed by atoms with Crippen LogP contribution in [0.15, 0.2) is 46.7 Å². The first kappa shape index (κ1) is 21.8. The zero-order valence-electron chi connectivity index (χ0n) is 15.6. The number of carbonyl (C=O) groups is 1. The van der Waals surface area contributed by atoms with E-state index in [2.05, 4.69) is 5.32 Å². The van der Waals surface area contributed by atoms with E-state index >= 15 is 0 Å². The summed E-state index contributed by atoms with van der Waals surface area (Å²) >= 11 is 1.54. The van der Waals surface area contributed by atoms with Gasteiger partial charge >= 0.3 is 6.18 Å². The molecule has 0 spiro atoms. The van der Waals surface area contributed by atoms with Crippen molar-refractivity contribution in [3.8, 4) is 0 Å². The maximum atomic E-state index is 12.9. The van der Waals surface area contributed by atoms with Gasteiger partial charge in [-0.2, -0.15) is 17.5 Å². The van der Waals surface area contributed by atoms with Gasteiger partial charge in [-0.25, -0.2) is 8.42 Å². The Labute approximate surface area is 171 Å². The van der Waals surface area contributed by atoms with Gasteiger partial charge in [0, 0.05) is 23.9 Å². The predicted molar refractivity (Wildman–Crippen MR) is 104 cm³/mol. The second kappa shape index (κ2) is 8.45. The summed E-state index contributed by atoms with van der Waals surface area (Å²) in [4.78, 5) is 13.1. The molecule has 0 bridgehead atoms. The van der Waals surface area contributed by atoms with Crippen molar-refractivity contribution in [2.45, 2.75) is 36.9 Å². The van der Waals surface area contributed by atoms with E-state index in [0.717, 1.165) is 27.4 Å². The molecular formula is C19H21F3N2O3S2. The van der Waals surface area contributed by atoms with Crippen molar-refractivity contribution in [3.63, 3.8) is 0 Å². The number of nitrogens with zero attached hydrogens (tertiary/aromatic N) is 1. The fourth-order valence-electron chi connectivity index (χ4n) is 3.28. The van der Waals surface area contributed by atoms with E-state index < -0.39 is 21.8 Å². The average Bonchev–Trinajstić information content (AvgIpc) is 3.22. The molecule has 0 radical (unpaired) electrons. The number of hydrogen-bond acceptors (Lipinski definition) is 4. The molecule has 1 aromatic carbocycles. The smallest absolute Gasteiger partial charge is 0.349 e. The van der Waals surface area contributed by atoms with Gasteiger partial charge in [-0.05, 0) is 49.4 Å². The van der Waals surface area contributed by atoms with Crippen molar-refractivity contribution in [1.82, 2.24) is 9.62 Å². The zero-order valence-corrected chi connectivity index (χ0v) is 17.3. The van der Waals surface area contributed by atoms with E-state index in [-0.39, 0.29) is 35.9 Å². The number of rotatable bonds is 5. The van der Waals surface area contributed by atoms with E-state index in [9.17, 15) is 26.4 Å². The van der Waals surface area contributed by atoms with Crippen LogP contribution in [0, 0.1) is 5.92 Å². The number of alkyl halides is 3. The topological polar surface area (TPSA) is 66.5 Å². The molecule has 1 unspecified atom stereocenters. The molecule has 2 heterocycles. The number of thiophene rings is 1. The van der Waals surface area contributed by atoms with Crippen LogP contribution >= 0.6 is 11.3 Å². The van der Waals surface area contributed by atoms with Crippen molar-refractivity contribution in [2.24, 2.45) is 5.92 Å². The number of carbonyl (C=O) groups excluding carboxylic acids is 1. The Morgan fingerprint density at radius 3 is 2.48 bits per heavy atom. The van der Waals surface area contributed by atoms with Crippen molar-refractivity contribution in [3.05, 3.63) is 52.2 Å². The maximum Gasteiger partial charge on any atom is 0.416 e. The highest BCUT2D eigenvalue weighted by Gasteiger charge is 2.35. The quantitative estimate of drug-likeness (QED) is 0.754. The Bertz CT molecular complexity index is 951. The lowest BCUT2D eigenvalue weighted by molar-refractivity contribution is -0.137. The van der Waals surface area contributed by atoms with Crippen LogP contribution in [0.4, 0.5) is 13.2 Å². The SMILES string of the molecule is CC(NC(=O)C1CCN(S(=O)(=O)c2cccc(C(F)(F)F)c2)CC1)c1cccs1. The number of piperidine rings is 1. The van der Waals surface area contributed by atoms with Crippen LogP contribution in [0.2, 0.25) is 0 Å². The van der Waals surface area contributed by atoms with E-state index in [1.807, 2.05) is 24.4 Å². The summed E-state index contributed by atoms with van der Waals surface area (Å²) in [6.07, 6.45) is -3.97. The second-order valence-electron chi connectivity index (χ2n) is 6.95. The maximum absolute atomic E-state index is 12.9. The highest BCUT2D eigenvalue weighted by molar-refractivity contribution is 7.89. The number of halogens is 3. The van der Waals surface area contributed by atoms with Crippen molar-refractivity contribution >= 4 is 27.3 Å². The van der Waals surface area contributed by atoms with E-state index in [0.29, 0.717) is 18.9 Å². The summed E-state index contributed by atoms with van der Waals surface area (Å²) in [6.45, 7) is 2.06. The summed E-state index contributed by atoms with van der Waals surface area (Å²) in [6, 6.07) is 7.43. The summed E-state index contributed by atoms with van der Waals surface area (Å²) < 4.78 is 65.3. The van der Waals surface area contributed by atoms with E-state index in [1.54, 1.807) is 11.3 Å². The Morgan fingerprint density at radius 2 is 1.90 bits per heavy atom. The first-order valence-corrected chi connectivity index (χ1v) is 11.4. The van der Waals surface area contributed by atoms with E-state index in [1.165, 1.54) is 0 Å². The number of hydrogen-bond donors (Lipinski definition) is 1. The van der Waals surface area contributed by atoms with Crippen LogP contribution < -0.4 is 5.32 Å². The molecule has 1 aliphatic heterocycles. The minimum Gasteiger partial charge on any atom is -0.349 e. The van der Waals surface area contributed by atoms with Gasteiger partial charge in [0.15, 0.2) is 0 Å². The Hall–Kier alpha value is -1.91. The lowest BCUT2D eigenvalue weighted by Gasteiger charge is -2.31. The number of sulfonamides is 1. The first-order valence-electron chi connectivity index (χ1n) is 9.10. The second-order valence-corrected chi connectivity index (χ2v) is 9.87. The van der Waals surface area contributed by atoms with Crippen LogP contribution in [-0.2, 0) is 21.0 Å². The monoisotopic (exact) mass is 446 g/mol. The molecule has 2 aromatic rings. The summed E-state index contributed by atoms with van der Waals surface area (Å²) in [5.74, 6) is -0.465. The molecule has 0 aliphatic carbocycles. The van der Waals surface area contributed by atoms with Crippen LogP contribution in [0.5, 0.6) is 0 Å². The molecule has 1 N–H and O–H groups in total.